The van der Waals surface area contributed by atoms with E-state index in [1.165, 1.54) is 42.3 Å². The number of nitrogens with zero attached hydrogens (tertiary/aromatic N) is 1. The molecule has 1 aliphatic heterocycles. The summed E-state index contributed by atoms with van der Waals surface area (Å²) in [6, 6.07) is 18.8. The summed E-state index contributed by atoms with van der Waals surface area (Å²) in [6.45, 7) is 0. The van der Waals surface area contributed by atoms with Crippen LogP contribution in [0.5, 0.6) is 5.75 Å². The molecule has 1 amide bonds. The van der Waals surface area contributed by atoms with Crippen molar-refractivity contribution in [3.63, 3.8) is 0 Å². The predicted octanol–water partition coefficient (Wildman–Crippen LogP) is 5.59. The highest BCUT2D eigenvalue weighted by Crippen LogP contribution is 2.43. The molecule has 3 aromatic carbocycles. The van der Waals surface area contributed by atoms with Gasteiger partial charge in [-0.15, -0.1) is 0 Å². The maximum absolute atomic E-state index is 13.6. The van der Waals surface area contributed by atoms with Gasteiger partial charge in [0, 0.05) is 12.1 Å². The fourth-order valence-corrected chi connectivity index (χ4v) is 4.21. The molecule has 3 aromatic rings. The van der Waals surface area contributed by atoms with Crippen molar-refractivity contribution in [2.75, 3.05) is 12.0 Å². The van der Waals surface area contributed by atoms with Crippen LogP contribution >= 0.6 is 11.6 Å². The average Bonchev–Trinajstić information content (AvgIpc) is 3.09. The molecule has 0 saturated carbocycles. The molecule has 5 nitrogen and oxygen atoms in total. The van der Waals surface area contributed by atoms with Crippen LogP contribution in [0.25, 0.3) is 0 Å². The summed E-state index contributed by atoms with van der Waals surface area (Å²) in [4.78, 5) is 27.7. The Hall–Kier alpha value is -3.64. The van der Waals surface area contributed by atoms with Gasteiger partial charge >= 0.3 is 0 Å². The normalized spacial score (nSPS) is 15.8. The number of aryl methyl sites for hydroxylation is 1. The molecule has 1 aliphatic rings. The Labute approximate surface area is 195 Å². The first kappa shape index (κ1) is 22.6. The smallest absolute Gasteiger partial charge is 0.294 e. The van der Waals surface area contributed by atoms with Crippen molar-refractivity contribution >= 4 is 29.0 Å². The quantitative estimate of drug-likeness (QED) is 0.494. The van der Waals surface area contributed by atoms with E-state index in [0.29, 0.717) is 23.4 Å². The fraction of sp³-hybridized carbons (Fsp3) is 0.154. The minimum absolute atomic E-state index is 0.0190. The number of halogens is 2. The van der Waals surface area contributed by atoms with Gasteiger partial charge in [0.15, 0.2) is 11.5 Å². The van der Waals surface area contributed by atoms with E-state index in [-0.39, 0.29) is 22.8 Å². The fourth-order valence-electron chi connectivity index (χ4n) is 3.96. The molecule has 0 radical (unpaired) electrons. The van der Waals surface area contributed by atoms with Gasteiger partial charge in [-0.3, -0.25) is 14.5 Å². The molecule has 33 heavy (non-hydrogen) atoms. The Morgan fingerprint density at radius 3 is 2.42 bits per heavy atom. The van der Waals surface area contributed by atoms with Crippen molar-refractivity contribution in [2.24, 2.45) is 0 Å². The summed E-state index contributed by atoms with van der Waals surface area (Å²) in [5.74, 6) is -1.74. The number of hydrogen-bond acceptors (Lipinski definition) is 4. The molecule has 168 valence electrons. The van der Waals surface area contributed by atoms with Crippen LogP contribution < -0.4 is 9.64 Å². The monoisotopic (exact) mass is 465 g/mol. The van der Waals surface area contributed by atoms with Gasteiger partial charge in [0.25, 0.3) is 5.91 Å². The van der Waals surface area contributed by atoms with Crippen molar-refractivity contribution in [1.29, 1.82) is 0 Å². The van der Waals surface area contributed by atoms with Crippen LogP contribution in [0.1, 0.15) is 23.6 Å². The molecule has 1 N–H and O–H groups in total. The van der Waals surface area contributed by atoms with Crippen LogP contribution in [0.15, 0.2) is 84.1 Å². The van der Waals surface area contributed by atoms with Crippen LogP contribution in [-0.2, 0) is 16.0 Å². The van der Waals surface area contributed by atoms with Crippen molar-refractivity contribution in [3.8, 4) is 5.75 Å². The minimum Gasteiger partial charge on any atom is -0.503 e. The van der Waals surface area contributed by atoms with E-state index in [4.69, 9.17) is 16.3 Å². The molecule has 0 aromatic heterocycles. The summed E-state index contributed by atoms with van der Waals surface area (Å²) in [6.07, 6.45) is 0.556. The van der Waals surface area contributed by atoms with E-state index in [1.807, 2.05) is 30.3 Å². The number of hydrogen-bond donors (Lipinski definition) is 1. The maximum Gasteiger partial charge on any atom is 0.294 e. The molecule has 1 atom stereocenters. The first-order valence-electron chi connectivity index (χ1n) is 10.3. The van der Waals surface area contributed by atoms with E-state index < -0.39 is 23.5 Å². The number of carbonyl (C=O) groups excluding carboxylic acids is 2. The number of benzene rings is 3. The molecule has 0 spiro atoms. The second-order valence-corrected chi connectivity index (χ2v) is 8.03. The van der Waals surface area contributed by atoms with Crippen LogP contribution in [0.4, 0.5) is 10.1 Å². The summed E-state index contributed by atoms with van der Waals surface area (Å²) in [7, 11) is 1.47. The van der Waals surface area contributed by atoms with Gasteiger partial charge in [0.05, 0.1) is 23.7 Å². The zero-order chi connectivity index (χ0) is 23.5. The Morgan fingerprint density at radius 1 is 1.09 bits per heavy atom. The lowest BCUT2D eigenvalue weighted by molar-refractivity contribution is -0.118. The van der Waals surface area contributed by atoms with Gasteiger partial charge < -0.3 is 9.84 Å². The lowest BCUT2D eigenvalue weighted by Gasteiger charge is -2.27. The second kappa shape index (κ2) is 9.46. The first-order valence-corrected chi connectivity index (χ1v) is 10.7. The number of anilines is 1. The Morgan fingerprint density at radius 2 is 1.79 bits per heavy atom. The number of methoxy groups -OCH3 is 1. The average molecular weight is 466 g/mol. The number of aliphatic hydroxyl groups excluding tert-OH is 1. The minimum atomic E-state index is -0.925. The third kappa shape index (κ3) is 4.47. The van der Waals surface area contributed by atoms with E-state index in [2.05, 4.69) is 0 Å². The maximum atomic E-state index is 13.6. The van der Waals surface area contributed by atoms with Crippen LogP contribution in [0.3, 0.4) is 0 Å². The lowest BCUT2D eigenvalue weighted by atomic mass is 9.93. The topological polar surface area (TPSA) is 66.8 Å². The second-order valence-electron chi connectivity index (χ2n) is 7.62. The SMILES string of the molecule is COc1ccc(N2C(=O)C(O)=C(C(=O)CCc3ccccc3)C2c2ccc(F)cc2)cc1Cl. The van der Waals surface area contributed by atoms with Crippen LogP contribution in [-0.4, -0.2) is 23.9 Å². The number of rotatable bonds is 7. The van der Waals surface area contributed by atoms with Gasteiger partial charge in [0.1, 0.15) is 11.6 Å². The molecular formula is C26H21ClFNO4. The van der Waals surface area contributed by atoms with Crippen molar-refractivity contribution in [1.82, 2.24) is 0 Å². The molecule has 0 fully saturated rings. The molecule has 4 rings (SSSR count). The van der Waals surface area contributed by atoms with Gasteiger partial charge in [-0.05, 0) is 47.9 Å². The Kier molecular flexibility index (Phi) is 6.47. The molecule has 0 aliphatic carbocycles. The van der Waals surface area contributed by atoms with Gasteiger partial charge in [-0.1, -0.05) is 54.1 Å². The first-order chi connectivity index (χ1) is 15.9. The zero-order valence-electron chi connectivity index (χ0n) is 17.8. The molecule has 7 heteroatoms. The highest BCUT2D eigenvalue weighted by molar-refractivity contribution is 6.32. The third-order valence-electron chi connectivity index (χ3n) is 5.59. The molecule has 0 bridgehead atoms. The Bertz CT molecular complexity index is 1220. The number of ketones is 1. The standard InChI is InChI=1S/C26H21ClFNO4/c1-33-22-14-12-19(15-20(22)27)29-24(17-8-10-18(28)11-9-17)23(25(31)26(29)32)21(30)13-7-16-5-3-2-4-6-16/h2-6,8-12,14-15,24,31H,7,13H2,1H3. The van der Waals surface area contributed by atoms with Crippen molar-refractivity contribution < 1.29 is 23.8 Å². The largest absolute Gasteiger partial charge is 0.503 e. The van der Waals surface area contributed by atoms with Gasteiger partial charge in [-0.25, -0.2) is 4.39 Å². The van der Waals surface area contributed by atoms with E-state index >= 15 is 0 Å². The molecule has 1 unspecified atom stereocenters. The molecular weight excluding hydrogens is 445 g/mol. The summed E-state index contributed by atoms with van der Waals surface area (Å²) < 4.78 is 18.8. The van der Waals surface area contributed by atoms with Crippen LogP contribution in [0.2, 0.25) is 5.02 Å². The summed E-state index contributed by atoms with van der Waals surface area (Å²) >= 11 is 6.27. The summed E-state index contributed by atoms with van der Waals surface area (Å²) in [5.41, 5.74) is 1.81. The Balaban J connectivity index is 1.74. The number of carbonyl (C=O) groups is 2. The van der Waals surface area contributed by atoms with E-state index in [0.717, 1.165) is 5.56 Å². The van der Waals surface area contributed by atoms with Gasteiger partial charge in [0.2, 0.25) is 0 Å². The number of amides is 1. The number of aliphatic hydroxyl groups is 1. The zero-order valence-corrected chi connectivity index (χ0v) is 18.6. The lowest BCUT2D eigenvalue weighted by Crippen LogP contribution is -2.31. The molecule has 0 saturated heterocycles. The molecule has 1 heterocycles. The number of ether oxygens (including phenoxy) is 1. The van der Waals surface area contributed by atoms with Gasteiger partial charge in [-0.2, -0.15) is 0 Å². The highest BCUT2D eigenvalue weighted by atomic mass is 35.5. The third-order valence-corrected chi connectivity index (χ3v) is 5.89. The van der Waals surface area contributed by atoms with Crippen molar-refractivity contribution in [2.45, 2.75) is 18.9 Å². The van der Waals surface area contributed by atoms with Crippen molar-refractivity contribution in [3.05, 3.63) is 106 Å². The van der Waals surface area contributed by atoms with Crippen LogP contribution in [0, 0.1) is 5.82 Å². The number of Topliss-reactive ketones (excluding diaryl/α,β-unsaturated/α-hetero) is 1. The van der Waals surface area contributed by atoms with E-state index in [1.54, 1.807) is 12.1 Å². The summed E-state index contributed by atoms with van der Waals surface area (Å²) in [5, 5.41) is 11.0. The predicted molar refractivity (Wildman–Crippen MR) is 124 cm³/mol. The highest BCUT2D eigenvalue weighted by Gasteiger charge is 2.44. The van der Waals surface area contributed by atoms with E-state index in [9.17, 15) is 19.1 Å².